The van der Waals surface area contributed by atoms with Gasteiger partial charge < -0.3 is 4.74 Å². The Morgan fingerprint density at radius 1 is 0.524 bits per heavy atom. The highest BCUT2D eigenvalue weighted by molar-refractivity contribution is 6.27. The van der Waals surface area contributed by atoms with Gasteiger partial charge in [-0.2, -0.15) is 9.13 Å². The van der Waals surface area contributed by atoms with Crippen molar-refractivity contribution >= 4 is 34.7 Å². The Morgan fingerprint density at radius 2 is 1.11 bits per heavy atom. The highest BCUT2D eigenvalue weighted by atomic mass is 16.5. The largest absolute Gasteiger partial charge is 0.553 e. The molecule has 2 aromatic carbocycles. The van der Waals surface area contributed by atoms with Crippen molar-refractivity contribution in [1.29, 1.82) is 0 Å². The Hall–Kier alpha value is -10.4. The third-order valence-corrected chi connectivity index (χ3v) is 10.5. The van der Waals surface area contributed by atoms with Gasteiger partial charge in [0.2, 0.25) is 22.8 Å². The number of hydrogen-bond acceptors (Lipinski definition) is 1. The molecule has 1 atom stereocenters. The van der Waals surface area contributed by atoms with E-state index in [-0.39, 0.29) is 0 Å². The van der Waals surface area contributed by atoms with Crippen molar-refractivity contribution in [3.05, 3.63) is 147 Å². The molecule has 63 heavy (non-hydrogen) atoms. The molecular weight excluding hydrogens is 769 g/mol. The molecule has 0 amide bonds. The first-order chi connectivity index (χ1) is 31.2. The third kappa shape index (κ3) is 6.23. The number of aromatic nitrogens is 2. The smallest absolute Gasteiger partial charge is 0.407 e. The Bertz CT molecular complexity index is 3990. The summed E-state index contributed by atoms with van der Waals surface area (Å²) in [6, 6.07) is 25.9. The second kappa shape index (κ2) is 15.7. The summed E-state index contributed by atoms with van der Waals surface area (Å²) in [5.74, 6) is 55.4. The van der Waals surface area contributed by atoms with Gasteiger partial charge in [0.15, 0.2) is 0 Å². The molecule has 5 nitrogen and oxygen atoms in total. The van der Waals surface area contributed by atoms with Crippen LogP contribution in [-0.2, 0) is 5.91 Å². The van der Waals surface area contributed by atoms with Gasteiger partial charge in [0.25, 0.3) is 0 Å². The molecule has 0 bridgehead atoms. The molecule has 4 aromatic rings. The average molecular weight is 791 g/mol. The molecule has 0 unspecified atom stereocenters. The van der Waals surface area contributed by atoms with Crippen LogP contribution in [-0.4, -0.2) is 29.7 Å². The molecular formula is C58H22N4O+2. The fourth-order valence-corrected chi connectivity index (χ4v) is 8.29. The first-order valence-corrected chi connectivity index (χ1v) is 19.3. The summed E-state index contributed by atoms with van der Waals surface area (Å²) in [4.78, 5) is 0. The molecule has 0 saturated carbocycles. The van der Waals surface area contributed by atoms with E-state index < -0.39 is 5.91 Å². The first kappa shape index (κ1) is 36.9. The summed E-state index contributed by atoms with van der Waals surface area (Å²) >= 11 is 0. The summed E-state index contributed by atoms with van der Waals surface area (Å²) < 4.78 is 15.8. The topological polar surface area (TPSA) is 25.1 Å². The summed E-state index contributed by atoms with van der Waals surface area (Å²) in [6.45, 7) is 2.13. The predicted octanol–water partition coefficient (Wildman–Crippen LogP) is 3.90. The van der Waals surface area contributed by atoms with Crippen molar-refractivity contribution in [2.75, 3.05) is 0 Å². The van der Waals surface area contributed by atoms with Crippen LogP contribution in [0, 0.1) is 150 Å². The van der Waals surface area contributed by atoms with E-state index in [1.54, 1.807) is 0 Å². The number of hydrogen-bond donors (Lipinski definition) is 0. The van der Waals surface area contributed by atoms with Crippen molar-refractivity contribution in [1.82, 2.24) is 9.13 Å². The second-order valence-corrected chi connectivity index (χ2v) is 13.9. The minimum atomic E-state index is -0.715. The number of allylic oxidation sites excluding steroid dienone is 4. The third-order valence-electron chi connectivity index (χ3n) is 10.5. The number of nitrogens with zero attached hydrogens (tertiary/aromatic N) is 4. The Morgan fingerprint density at radius 3 is 1.75 bits per heavy atom. The van der Waals surface area contributed by atoms with Crippen molar-refractivity contribution in [3.63, 3.8) is 0 Å². The quantitative estimate of drug-likeness (QED) is 0.229. The lowest BCUT2D eigenvalue weighted by molar-refractivity contribution is -0.834. The molecule has 0 saturated heterocycles. The number of terminal acetylenes is 1. The van der Waals surface area contributed by atoms with E-state index in [1.165, 1.54) is 27.8 Å². The van der Waals surface area contributed by atoms with E-state index in [2.05, 4.69) is 259 Å². The van der Waals surface area contributed by atoms with E-state index in [0.29, 0.717) is 5.75 Å². The Balaban J connectivity index is 0.854. The first-order valence-electron chi connectivity index (χ1n) is 19.3. The number of ether oxygens (including phenoxy) is 1. The highest BCUT2D eigenvalue weighted by Crippen LogP contribution is 2.49. The number of benzene rings is 2. The van der Waals surface area contributed by atoms with E-state index in [0.717, 1.165) is 45.0 Å². The SMILES string of the molecule is C#CC#CC#CC#CC#CC#CC#CC#CC#CC#CC#CC#COc1ccc(C2=C3C=CC4=[N+]3[C@@]35n6c(ccc62)C=C2C=CC(=[N+]23)C(c2ccc(C)cc2)=c2ccc(n25)=C4)cc1. The molecule has 6 aliphatic rings. The molecule has 278 valence electrons. The van der Waals surface area contributed by atoms with Gasteiger partial charge in [-0.25, -0.2) is 0 Å². The standard InChI is InChI=1S/C58H22N4O/c1-3-4-5-6-7-8-9-10-11-12-13-14-15-16-17-18-19-20-21-22-23-24-41-63-51-35-29-46(30-36-51)57-54-39-33-49-42-47-31-37-52-56(45-27-25-44(2)26-28-45)53-38-32-48-43-50-34-40-55(57)62(50)58(59(47)52,60(48)53)61(49)54/h1,25-40,42-43H,2H3/q+2/t58-/m0/s1. The zero-order chi connectivity index (χ0) is 42.6. The van der Waals surface area contributed by atoms with Crippen molar-refractivity contribution in [3.8, 4) is 149 Å². The van der Waals surface area contributed by atoms with Crippen LogP contribution in [0.3, 0.4) is 0 Å². The summed E-state index contributed by atoms with van der Waals surface area (Å²) in [6.07, 6.45) is 21.2. The van der Waals surface area contributed by atoms with Crippen LogP contribution in [0.1, 0.15) is 28.1 Å². The van der Waals surface area contributed by atoms with Gasteiger partial charge in [-0.05, 0) is 102 Å². The minimum Gasteiger partial charge on any atom is -0.407 e. The lowest BCUT2D eigenvalue weighted by Crippen LogP contribution is -2.70. The van der Waals surface area contributed by atoms with E-state index in [4.69, 9.17) is 11.2 Å². The van der Waals surface area contributed by atoms with E-state index in [1.807, 2.05) is 12.1 Å². The monoisotopic (exact) mass is 790 g/mol. The summed E-state index contributed by atoms with van der Waals surface area (Å²) in [7, 11) is 0. The van der Waals surface area contributed by atoms with Crippen LogP contribution in [0.5, 0.6) is 5.75 Å². The average Bonchev–Trinajstić information content (AvgIpc) is 4.13. The Labute approximate surface area is 364 Å². The maximum Gasteiger partial charge on any atom is 0.553 e. The molecule has 2 aromatic heterocycles. The van der Waals surface area contributed by atoms with Crippen LogP contribution >= 0.6 is 0 Å². The zero-order valence-electron chi connectivity index (χ0n) is 33.2. The van der Waals surface area contributed by atoms with Gasteiger partial charge >= 0.3 is 5.91 Å². The van der Waals surface area contributed by atoms with Gasteiger partial charge in [-0.15, -0.1) is 6.42 Å². The molecule has 5 heteroatoms. The molecule has 0 fully saturated rings. The van der Waals surface area contributed by atoms with Gasteiger partial charge in [0.1, 0.15) is 11.9 Å². The molecule has 0 aliphatic carbocycles. The van der Waals surface area contributed by atoms with Gasteiger partial charge in [0, 0.05) is 119 Å². The number of rotatable bonds is 3. The predicted molar refractivity (Wildman–Crippen MR) is 244 cm³/mol. The Kier molecular flexibility index (Phi) is 9.20. The molecule has 0 N–H and O–H groups in total. The highest BCUT2D eigenvalue weighted by Gasteiger charge is 2.71. The van der Waals surface area contributed by atoms with Crippen LogP contribution in [0.4, 0.5) is 0 Å². The molecule has 6 aliphatic heterocycles. The molecule has 8 heterocycles. The van der Waals surface area contributed by atoms with Crippen molar-refractivity contribution < 1.29 is 13.9 Å². The molecule has 1 spiro atoms. The molecule has 10 rings (SSSR count). The van der Waals surface area contributed by atoms with Crippen molar-refractivity contribution in [2.24, 2.45) is 0 Å². The lowest BCUT2D eigenvalue weighted by Gasteiger charge is -2.39. The maximum atomic E-state index is 5.71. The lowest BCUT2D eigenvalue weighted by atomic mass is 9.95. The van der Waals surface area contributed by atoms with Crippen LogP contribution in [0.25, 0.3) is 23.3 Å². The molecule has 0 radical (unpaired) electrons. The fourth-order valence-electron chi connectivity index (χ4n) is 8.29. The normalized spacial score (nSPS) is 15.2. The zero-order valence-corrected chi connectivity index (χ0v) is 33.2. The van der Waals surface area contributed by atoms with Gasteiger partial charge in [0.05, 0.1) is 33.2 Å². The van der Waals surface area contributed by atoms with Crippen LogP contribution in [0.2, 0.25) is 0 Å². The van der Waals surface area contributed by atoms with Crippen molar-refractivity contribution in [2.45, 2.75) is 12.8 Å². The van der Waals surface area contributed by atoms with E-state index >= 15 is 0 Å². The van der Waals surface area contributed by atoms with E-state index in [9.17, 15) is 0 Å². The minimum absolute atomic E-state index is 0.600. The maximum absolute atomic E-state index is 5.71. The van der Waals surface area contributed by atoms with Gasteiger partial charge in [-0.1, -0.05) is 51.1 Å². The summed E-state index contributed by atoms with van der Waals surface area (Å²) in [5, 5.41) is 2.35. The number of aryl methyl sites for hydroxylation is 1. The fraction of sp³-hybridized carbons (Fsp3) is 0.0345. The second-order valence-electron chi connectivity index (χ2n) is 13.9. The summed E-state index contributed by atoms with van der Waals surface area (Å²) in [5.41, 5.74) is 12.8. The van der Waals surface area contributed by atoms with Crippen LogP contribution < -0.4 is 15.4 Å². The van der Waals surface area contributed by atoms with Gasteiger partial charge in [-0.3, -0.25) is 0 Å². The van der Waals surface area contributed by atoms with Crippen LogP contribution in [0.15, 0.2) is 108 Å².